The molecule has 0 fully saturated rings. The molecule has 26 heavy (non-hydrogen) atoms. The molecular weight excluding hydrogens is 344 g/mol. The summed E-state index contributed by atoms with van der Waals surface area (Å²) in [5.74, 6) is -3.75. The number of carbonyl (C=O) groups is 4. The van der Waals surface area contributed by atoms with E-state index < -0.39 is 35.0 Å². The molecule has 0 heterocycles. The molecule has 0 aliphatic heterocycles. The standard InChI is InChI=1S/C18H24O8/c1-9(2)11(15(19)23-5)13(17(21)25-7)14(18(22)26-8)12(10(3)4)16(20)24-6/h1-8H3/b14-13+. The molecule has 0 saturated heterocycles. The number of methoxy groups -OCH3 is 4. The van der Waals surface area contributed by atoms with Crippen LogP contribution in [0.5, 0.6) is 0 Å². The molecule has 0 aromatic carbocycles. The van der Waals surface area contributed by atoms with Gasteiger partial charge in [-0.1, -0.05) is 11.1 Å². The minimum atomic E-state index is -1.00. The van der Waals surface area contributed by atoms with Crippen molar-refractivity contribution in [2.45, 2.75) is 27.7 Å². The summed E-state index contributed by atoms with van der Waals surface area (Å²) < 4.78 is 18.9. The van der Waals surface area contributed by atoms with Crippen LogP contribution in [0.25, 0.3) is 0 Å². The predicted octanol–water partition coefficient (Wildman–Crippen LogP) is 1.65. The summed E-state index contributed by atoms with van der Waals surface area (Å²) in [5, 5.41) is 0. The topological polar surface area (TPSA) is 105 Å². The zero-order valence-corrected chi connectivity index (χ0v) is 16.3. The second-order valence-electron chi connectivity index (χ2n) is 5.47. The summed E-state index contributed by atoms with van der Waals surface area (Å²) in [6, 6.07) is 0. The van der Waals surface area contributed by atoms with Gasteiger partial charge >= 0.3 is 23.9 Å². The fourth-order valence-electron chi connectivity index (χ4n) is 2.18. The lowest BCUT2D eigenvalue weighted by Crippen LogP contribution is -2.25. The van der Waals surface area contributed by atoms with Crippen molar-refractivity contribution in [1.82, 2.24) is 0 Å². The van der Waals surface area contributed by atoms with E-state index in [-0.39, 0.29) is 11.1 Å². The third kappa shape index (κ3) is 5.05. The van der Waals surface area contributed by atoms with Gasteiger partial charge in [0.25, 0.3) is 0 Å². The third-order valence-electron chi connectivity index (χ3n) is 3.31. The Morgan fingerprint density at radius 3 is 0.769 bits per heavy atom. The lowest BCUT2D eigenvalue weighted by Gasteiger charge is -2.17. The lowest BCUT2D eigenvalue weighted by molar-refractivity contribution is -0.141. The predicted molar refractivity (Wildman–Crippen MR) is 91.8 cm³/mol. The maximum atomic E-state index is 12.5. The summed E-state index contributed by atoms with van der Waals surface area (Å²) in [6.45, 7) is 6.18. The molecule has 0 amide bonds. The van der Waals surface area contributed by atoms with Crippen molar-refractivity contribution in [2.75, 3.05) is 28.4 Å². The first kappa shape index (κ1) is 23.1. The van der Waals surface area contributed by atoms with Crippen molar-refractivity contribution in [3.8, 4) is 0 Å². The molecule has 0 saturated carbocycles. The van der Waals surface area contributed by atoms with Crippen LogP contribution in [0, 0.1) is 0 Å². The Bertz CT molecular complexity index is 639. The summed E-state index contributed by atoms with van der Waals surface area (Å²) >= 11 is 0. The van der Waals surface area contributed by atoms with E-state index in [4.69, 9.17) is 18.9 Å². The molecule has 0 spiro atoms. The van der Waals surface area contributed by atoms with E-state index in [1.165, 1.54) is 0 Å². The van der Waals surface area contributed by atoms with Crippen LogP contribution < -0.4 is 0 Å². The van der Waals surface area contributed by atoms with Crippen molar-refractivity contribution in [2.24, 2.45) is 0 Å². The van der Waals surface area contributed by atoms with E-state index in [9.17, 15) is 19.2 Å². The quantitative estimate of drug-likeness (QED) is 0.302. The number of allylic oxidation sites excluding steroid dienone is 2. The van der Waals surface area contributed by atoms with Crippen LogP contribution in [0.2, 0.25) is 0 Å². The largest absolute Gasteiger partial charge is 0.465 e. The number of ether oxygens (including phenoxy) is 4. The molecular formula is C18H24O8. The molecule has 0 bridgehead atoms. The summed E-state index contributed by atoms with van der Waals surface area (Å²) in [7, 11) is 4.41. The van der Waals surface area contributed by atoms with E-state index in [2.05, 4.69) is 0 Å². The average molecular weight is 368 g/mol. The van der Waals surface area contributed by atoms with Gasteiger partial charge in [-0.05, 0) is 27.7 Å². The van der Waals surface area contributed by atoms with Crippen LogP contribution in [0.15, 0.2) is 33.4 Å². The highest BCUT2D eigenvalue weighted by atomic mass is 16.5. The van der Waals surface area contributed by atoms with Crippen molar-refractivity contribution >= 4 is 23.9 Å². The monoisotopic (exact) mass is 368 g/mol. The van der Waals surface area contributed by atoms with Crippen molar-refractivity contribution in [3.05, 3.63) is 33.4 Å². The Morgan fingerprint density at radius 1 is 0.423 bits per heavy atom. The molecule has 0 atom stereocenters. The molecule has 0 rings (SSSR count). The van der Waals surface area contributed by atoms with Gasteiger partial charge in [0.15, 0.2) is 0 Å². The highest BCUT2D eigenvalue weighted by Gasteiger charge is 2.35. The molecule has 0 aromatic heterocycles. The molecule has 144 valence electrons. The average Bonchev–Trinajstić information content (AvgIpc) is 2.61. The minimum absolute atomic E-state index is 0.206. The van der Waals surface area contributed by atoms with Gasteiger partial charge < -0.3 is 18.9 Å². The molecule has 0 radical (unpaired) electrons. The summed E-state index contributed by atoms with van der Waals surface area (Å²) in [5.41, 5.74) is -0.543. The van der Waals surface area contributed by atoms with Gasteiger partial charge in [0.2, 0.25) is 0 Å². The Labute approximate surface area is 152 Å². The van der Waals surface area contributed by atoms with Gasteiger partial charge in [-0.2, -0.15) is 0 Å². The van der Waals surface area contributed by atoms with Gasteiger partial charge in [0.05, 0.1) is 50.7 Å². The molecule has 0 N–H and O–H groups in total. The van der Waals surface area contributed by atoms with E-state index in [1.807, 2.05) is 0 Å². The third-order valence-corrected chi connectivity index (χ3v) is 3.31. The number of esters is 4. The highest BCUT2D eigenvalue weighted by molar-refractivity contribution is 6.17. The van der Waals surface area contributed by atoms with E-state index in [1.54, 1.807) is 27.7 Å². The van der Waals surface area contributed by atoms with E-state index >= 15 is 0 Å². The van der Waals surface area contributed by atoms with Crippen molar-refractivity contribution in [1.29, 1.82) is 0 Å². The Balaban J connectivity index is 7.43. The number of hydrogen-bond donors (Lipinski definition) is 0. The fraction of sp³-hybridized carbons (Fsp3) is 0.444. The minimum Gasteiger partial charge on any atom is -0.465 e. The van der Waals surface area contributed by atoms with Crippen LogP contribution in [0.1, 0.15) is 27.7 Å². The zero-order chi connectivity index (χ0) is 20.6. The molecule has 0 aromatic rings. The molecule has 8 nitrogen and oxygen atoms in total. The van der Waals surface area contributed by atoms with Crippen molar-refractivity contribution in [3.63, 3.8) is 0 Å². The second kappa shape index (κ2) is 10.2. The van der Waals surface area contributed by atoms with Gasteiger partial charge in [-0.3, -0.25) is 0 Å². The first-order chi connectivity index (χ1) is 12.1. The van der Waals surface area contributed by atoms with Crippen molar-refractivity contribution < 1.29 is 38.1 Å². The molecule has 0 aliphatic rings. The smallest absolute Gasteiger partial charge is 0.339 e. The Hall–Kier alpha value is -2.90. The van der Waals surface area contributed by atoms with Gasteiger partial charge in [-0.25, -0.2) is 19.2 Å². The van der Waals surface area contributed by atoms with Crippen LogP contribution in [-0.2, 0) is 38.1 Å². The van der Waals surface area contributed by atoms with Crippen LogP contribution in [-0.4, -0.2) is 52.3 Å². The van der Waals surface area contributed by atoms with Crippen LogP contribution in [0.3, 0.4) is 0 Å². The van der Waals surface area contributed by atoms with E-state index in [0.717, 1.165) is 28.4 Å². The first-order valence-electron chi connectivity index (χ1n) is 7.52. The van der Waals surface area contributed by atoms with Gasteiger partial charge in [-0.15, -0.1) is 0 Å². The van der Waals surface area contributed by atoms with Gasteiger partial charge in [0.1, 0.15) is 0 Å². The summed E-state index contributed by atoms with van der Waals surface area (Å²) in [6.07, 6.45) is 0. The SMILES string of the molecule is COC(=O)C(=C(C)C)/C(C(=O)OC)=C(\C(=O)OC)C(C(=O)OC)=C(C)C. The lowest BCUT2D eigenvalue weighted by atomic mass is 9.90. The highest BCUT2D eigenvalue weighted by Crippen LogP contribution is 2.29. The molecule has 8 heteroatoms. The second-order valence-corrected chi connectivity index (χ2v) is 5.47. The fourth-order valence-corrected chi connectivity index (χ4v) is 2.18. The first-order valence-corrected chi connectivity index (χ1v) is 7.52. The van der Waals surface area contributed by atoms with E-state index in [0.29, 0.717) is 11.1 Å². The maximum absolute atomic E-state index is 12.5. The Morgan fingerprint density at radius 2 is 0.615 bits per heavy atom. The number of rotatable bonds is 6. The maximum Gasteiger partial charge on any atom is 0.339 e. The Kier molecular flexibility index (Phi) is 9.04. The molecule has 0 unspecified atom stereocenters. The van der Waals surface area contributed by atoms with Crippen LogP contribution >= 0.6 is 0 Å². The number of hydrogen-bond acceptors (Lipinski definition) is 8. The summed E-state index contributed by atoms with van der Waals surface area (Å²) in [4.78, 5) is 49.5. The van der Waals surface area contributed by atoms with Crippen LogP contribution in [0.4, 0.5) is 0 Å². The number of carbonyl (C=O) groups excluding carboxylic acids is 4. The zero-order valence-electron chi connectivity index (χ0n) is 16.3. The molecule has 0 aliphatic carbocycles. The van der Waals surface area contributed by atoms with Gasteiger partial charge in [0, 0.05) is 0 Å². The normalized spacial score (nSPS) is 10.8.